The lowest BCUT2D eigenvalue weighted by atomic mass is 9.97. The number of carbonyl (C=O) groups excluding carboxylic acids is 1. The number of hydrogen-bond donors (Lipinski definition) is 1. The maximum atomic E-state index is 12.4. The molecule has 0 bridgehead atoms. The summed E-state index contributed by atoms with van der Waals surface area (Å²) in [4.78, 5) is 16.8. The van der Waals surface area contributed by atoms with Gasteiger partial charge in [0, 0.05) is 44.0 Å². The first-order valence-electron chi connectivity index (χ1n) is 13.2. The molecule has 2 aromatic carbocycles. The number of carbonyl (C=O) groups is 1. The summed E-state index contributed by atoms with van der Waals surface area (Å²) < 4.78 is 21.2. The van der Waals surface area contributed by atoms with Gasteiger partial charge in [0.2, 0.25) is 0 Å². The first kappa shape index (κ1) is 29.5. The SMILES string of the molecule is COCCOCCOCCOCCCC(=O)CCc1cc(-c2cc(-c3cccc(C)c3)ccc2O)ccn1. The fourth-order valence-corrected chi connectivity index (χ4v) is 4.00. The Hall–Kier alpha value is -3.10. The molecule has 7 nitrogen and oxygen atoms in total. The van der Waals surface area contributed by atoms with Gasteiger partial charge in [-0.1, -0.05) is 35.9 Å². The number of ether oxygens (including phenoxy) is 4. The van der Waals surface area contributed by atoms with Crippen molar-refractivity contribution in [3.63, 3.8) is 0 Å². The Morgan fingerprint density at radius 2 is 1.50 bits per heavy atom. The number of hydrogen-bond acceptors (Lipinski definition) is 7. The fraction of sp³-hybridized carbons (Fsp3) is 0.419. The molecule has 0 aliphatic rings. The molecule has 0 unspecified atom stereocenters. The second-order valence-corrected chi connectivity index (χ2v) is 9.11. The molecule has 0 atom stereocenters. The van der Waals surface area contributed by atoms with Crippen molar-refractivity contribution >= 4 is 5.78 Å². The number of aromatic hydroxyl groups is 1. The van der Waals surface area contributed by atoms with E-state index in [1.807, 2.05) is 30.3 Å². The van der Waals surface area contributed by atoms with Crippen molar-refractivity contribution < 1.29 is 28.8 Å². The third-order valence-corrected chi connectivity index (χ3v) is 6.06. The normalized spacial score (nSPS) is 11.1. The number of ketones is 1. The van der Waals surface area contributed by atoms with Gasteiger partial charge in [-0.05, 0) is 60.7 Å². The van der Waals surface area contributed by atoms with Crippen molar-refractivity contribution in [1.29, 1.82) is 0 Å². The van der Waals surface area contributed by atoms with Crippen LogP contribution < -0.4 is 0 Å². The average molecular weight is 522 g/mol. The number of benzene rings is 2. The molecule has 0 fully saturated rings. The summed E-state index contributed by atoms with van der Waals surface area (Å²) in [5.41, 5.74) is 5.78. The third kappa shape index (κ3) is 10.3. The van der Waals surface area contributed by atoms with E-state index in [1.165, 1.54) is 5.56 Å². The molecule has 0 saturated heterocycles. The van der Waals surface area contributed by atoms with Crippen LogP contribution in [0.1, 0.15) is 30.5 Å². The number of aromatic nitrogens is 1. The summed E-state index contributed by atoms with van der Waals surface area (Å²) >= 11 is 0. The lowest BCUT2D eigenvalue weighted by Crippen LogP contribution is -2.12. The maximum Gasteiger partial charge on any atom is 0.133 e. The van der Waals surface area contributed by atoms with E-state index in [4.69, 9.17) is 18.9 Å². The van der Waals surface area contributed by atoms with Gasteiger partial charge in [0.1, 0.15) is 11.5 Å². The number of Topliss-reactive ketones (excluding diaryl/α,β-unsaturated/α-hetero) is 1. The van der Waals surface area contributed by atoms with Crippen LogP contribution in [0.15, 0.2) is 60.8 Å². The van der Waals surface area contributed by atoms with E-state index in [0.29, 0.717) is 71.9 Å². The molecule has 0 aliphatic heterocycles. The second kappa shape index (κ2) is 16.7. The van der Waals surface area contributed by atoms with Gasteiger partial charge < -0.3 is 24.1 Å². The van der Waals surface area contributed by atoms with Gasteiger partial charge in [-0.3, -0.25) is 9.78 Å². The molecule has 204 valence electrons. The average Bonchev–Trinajstić information content (AvgIpc) is 2.93. The monoisotopic (exact) mass is 521 g/mol. The number of aryl methyl sites for hydroxylation is 2. The van der Waals surface area contributed by atoms with Crippen molar-refractivity contribution in [1.82, 2.24) is 4.98 Å². The molecule has 3 rings (SSSR count). The number of rotatable bonds is 18. The zero-order valence-electron chi connectivity index (χ0n) is 22.5. The van der Waals surface area contributed by atoms with E-state index in [1.54, 1.807) is 19.4 Å². The maximum absolute atomic E-state index is 12.4. The Morgan fingerprint density at radius 1 is 0.789 bits per heavy atom. The first-order chi connectivity index (χ1) is 18.6. The topological polar surface area (TPSA) is 87.1 Å². The molecule has 3 aromatic rings. The number of phenolic OH excluding ortho intramolecular Hbond substituents is 1. The van der Waals surface area contributed by atoms with Crippen LogP contribution in [-0.4, -0.2) is 69.2 Å². The minimum absolute atomic E-state index is 0.189. The zero-order chi connectivity index (χ0) is 27.0. The van der Waals surface area contributed by atoms with E-state index in [0.717, 1.165) is 27.9 Å². The van der Waals surface area contributed by atoms with Crippen LogP contribution in [0.4, 0.5) is 0 Å². The van der Waals surface area contributed by atoms with Gasteiger partial charge in [0.25, 0.3) is 0 Å². The third-order valence-electron chi connectivity index (χ3n) is 6.06. The molecule has 0 spiro atoms. The number of methoxy groups -OCH3 is 1. The highest BCUT2D eigenvalue weighted by Crippen LogP contribution is 2.34. The van der Waals surface area contributed by atoms with Crippen LogP contribution >= 0.6 is 0 Å². The Balaban J connectivity index is 1.38. The number of phenols is 1. The van der Waals surface area contributed by atoms with Gasteiger partial charge in [-0.25, -0.2) is 0 Å². The van der Waals surface area contributed by atoms with Crippen molar-refractivity contribution in [3.8, 4) is 28.0 Å². The molecule has 0 radical (unpaired) electrons. The minimum atomic E-state index is 0.189. The Labute approximate surface area is 225 Å². The lowest BCUT2D eigenvalue weighted by molar-refractivity contribution is -0.119. The van der Waals surface area contributed by atoms with E-state index >= 15 is 0 Å². The van der Waals surface area contributed by atoms with Gasteiger partial charge in [0.15, 0.2) is 0 Å². The van der Waals surface area contributed by atoms with Crippen LogP contribution in [0.25, 0.3) is 22.3 Å². The Kier molecular flexibility index (Phi) is 12.9. The van der Waals surface area contributed by atoms with Gasteiger partial charge >= 0.3 is 0 Å². The number of nitrogens with zero attached hydrogens (tertiary/aromatic N) is 1. The van der Waals surface area contributed by atoms with Crippen LogP contribution in [0.2, 0.25) is 0 Å². The molecule has 0 amide bonds. The molecule has 0 aliphatic carbocycles. The van der Waals surface area contributed by atoms with Crippen LogP contribution in [0.5, 0.6) is 5.75 Å². The molecule has 1 aromatic heterocycles. The van der Waals surface area contributed by atoms with Gasteiger partial charge in [-0.15, -0.1) is 0 Å². The summed E-state index contributed by atoms with van der Waals surface area (Å²) in [6.07, 6.45) is 3.89. The molecular formula is C31H39NO6. The van der Waals surface area contributed by atoms with Crippen molar-refractivity contribution in [2.24, 2.45) is 0 Å². The molecule has 7 heteroatoms. The predicted molar refractivity (Wildman–Crippen MR) is 148 cm³/mol. The predicted octanol–water partition coefficient (Wildman–Crippen LogP) is 5.41. The van der Waals surface area contributed by atoms with Crippen molar-refractivity contribution in [2.75, 3.05) is 53.4 Å². The standard InChI is InChI=1S/C31H39NO6/c1-24-5-3-6-25(21-24)26-8-11-31(34)30(23-26)27-12-13-32-28(22-27)9-10-29(33)7-4-14-36-17-18-38-20-19-37-16-15-35-2/h3,5-6,8,11-13,21-23,34H,4,7,9-10,14-20H2,1-2H3. The second-order valence-electron chi connectivity index (χ2n) is 9.11. The van der Waals surface area contributed by atoms with E-state index in [9.17, 15) is 9.90 Å². The van der Waals surface area contributed by atoms with Gasteiger partial charge in [-0.2, -0.15) is 0 Å². The highest BCUT2D eigenvalue weighted by Gasteiger charge is 2.10. The highest BCUT2D eigenvalue weighted by atomic mass is 16.6. The molecular weight excluding hydrogens is 482 g/mol. The van der Waals surface area contributed by atoms with Crippen molar-refractivity contribution in [2.45, 2.75) is 32.6 Å². The smallest absolute Gasteiger partial charge is 0.133 e. The Bertz CT molecular complexity index is 1130. The van der Waals surface area contributed by atoms with Crippen molar-refractivity contribution in [3.05, 3.63) is 72.1 Å². The minimum Gasteiger partial charge on any atom is -0.507 e. The molecule has 38 heavy (non-hydrogen) atoms. The van der Waals surface area contributed by atoms with Crippen LogP contribution in [-0.2, 0) is 30.2 Å². The lowest BCUT2D eigenvalue weighted by Gasteiger charge is -2.10. The van der Waals surface area contributed by atoms with E-state index in [-0.39, 0.29) is 11.5 Å². The molecule has 1 N–H and O–H groups in total. The summed E-state index contributed by atoms with van der Waals surface area (Å²) in [6, 6.07) is 17.8. The van der Waals surface area contributed by atoms with Crippen LogP contribution in [0.3, 0.4) is 0 Å². The van der Waals surface area contributed by atoms with E-state index in [2.05, 4.69) is 30.1 Å². The van der Waals surface area contributed by atoms with Crippen LogP contribution in [0, 0.1) is 6.92 Å². The number of pyridine rings is 1. The summed E-state index contributed by atoms with van der Waals surface area (Å²) in [6.45, 7) is 5.82. The largest absolute Gasteiger partial charge is 0.507 e. The first-order valence-corrected chi connectivity index (χ1v) is 13.2. The van der Waals surface area contributed by atoms with Gasteiger partial charge in [0.05, 0.1) is 39.6 Å². The summed E-state index contributed by atoms with van der Waals surface area (Å²) in [5.74, 6) is 0.407. The van der Waals surface area contributed by atoms with E-state index < -0.39 is 0 Å². The fourth-order valence-electron chi connectivity index (χ4n) is 4.00. The molecule has 0 saturated carbocycles. The summed E-state index contributed by atoms with van der Waals surface area (Å²) in [7, 11) is 1.64. The Morgan fingerprint density at radius 3 is 2.24 bits per heavy atom. The molecule has 1 heterocycles. The quantitative estimate of drug-likeness (QED) is 0.224. The zero-order valence-corrected chi connectivity index (χ0v) is 22.5. The summed E-state index contributed by atoms with van der Waals surface area (Å²) in [5, 5.41) is 10.5. The highest BCUT2D eigenvalue weighted by molar-refractivity contribution is 5.79.